The van der Waals surface area contributed by atoms with Crippen molar-refractivity contribution < 1.29 is 9.13 Å². The molecule has 70 valence electrons. The van der Waals surface area contributed by atoms with Gasteiger partial charge in [0.15, 0.2) is 0 Å². The second-order valence-electron chi connectivity index (χ2n) is 3.97. The highest BCUT2D eigenvalue weighted by Crippen LogP contribution is 2.23. The smallest absolute Gasteiger partial charge is 0.126 e. The molecular formula is C9H16FNO. The van der Waals surface area contributed by atoms with Crippen LogP contribution in [0.4, 0.5) is 4.39 Å². The molecule has 0 saturated carbocycles. The van der Waals surface area contributed by atoms with Gasteiger partial charge in [-0.25, -0.2) is 4.39 Å². The zero-order valence-corrected chi connectivity index (χ0v) is 7.64. The lowest BCUT2D eigenvalue weighted by molar-refractivity contribution is 0.281. The molecule has 2 nitrogen and oxygen atoms in total. The third kappa shape index (κ3) is 2.81. The third-order valence-electron chi connectivity index (χ3n) is 1.85. The standard InChI is InChI=1S/C9H16FNO/c1-9(2,11)5-8(10)7-3-4-12-6-7/h6,8H,3-5,11H2,1-2H3. The first kappa shape index (κ1) is 9.52. The molecule has 3 heteroatoms. The summed E-state index contributed by atoms with van der Waals surface area (Å²) < 4.78 is 18.3. The number of alkyl halides is 1. The topological polar surface area (TPSA) is 35.2 Å². The van der Waals surface area contributed by atoms with Crippen LogP contribution in [0.25, 0.3) is 0 Å². The first-order valence-electron chi connectivity index (χ1n) is 4.22. The van der Waals surface area contributed by atoms with Crippen molar-refractivity contribution in [3.63, 3.8) is 0 Å². The summed E-state index contributed by atoms with van der Waals surface area (Å²) in [6, 6.07) is 0. The van der Waals surface area contributed by atoms with Crippen LogP contribution in [-0.2, 0) is 4.74 Å². The minimum atomic E-state index is -0.937. The number of hydrogen-bond acceptors (Lipinski definition) is 2. The zero-order valence-electron chi connectivity index (χ0n) is 7.64. The molecule has 0 radical (unpaired) electrons. The average Bonchev–Trinajstić information content (AvgIpc) is 2.32. The molecule has 1 heterocycles. The summed E-state index contributed by atoms with van der Waals surface area (Å²) >= 11 is 0. The average molecular weight is 173 g/mol. The first-order valence-corrected chi connectivity index (χ1v) is 4.22. The highest BCUT2D eigenvalue weighted by molar-refractivity contribution is 5.09. The largest absolute Gasteiger partial charge is 0.501 e. The van der Waals surface area contributed by atoms with Crippen molar-refractivity contribution in [2.45, 2.75) is 38.4 Å². The molecule has 0 aromatic heterocycles. The molecule has 1 aliphatic heterocycles. The molecule has 0 aromatic carbocycles. The highest BCUT2D eigenvalue weighted by Gasteiger charge is 2.23. The Kier molecular flexibility index (Phi) is 2.73. The van der Waals surface area contributed by atoms with Crippen molar-refractivity contribution in [2.24, 2.45) is 5.73 Å². The Hall–Kier alpha value is -0.570. The van der Waals surface area contributed by atoms with Gasteiger partial charge in [0.1, 0.15) is 6.17 Å². The van der Waals surface area contributed by atoms with Gasteiger partial charge < -0.3 is 10.5 Å². The van der Waals surface area contributed by atoms with Crippen molar-refractivity contribution in [1.29, 1.82) is 0 Å². The minimum absolute atomic E-state index is 0.363. The van der Waals surface area contributed by atoms with Crippen LogP contribution in [0.15, 0.2) is 11.8 Å². The summed E-state index contributed by atoms with van der Waals surface area (Å²) in [4.78, 5) is 0. The SMILES string of the molecule is CC(C)(N)CC(F)C1=COCC1. The fraction of sp³-hybridized carbons (Fsp3) is 0.778. The fourth-order valence-electron chi connectivity index (χ4n) is 1.23. The lowest BCUT2D eigenvalue weighted by Gasteiger charge is -2.20. The van der Waals surface area contributed by atoms with Crippen LogP contribution in [0.2, 0.25) is 0 Å². The van der Waals surface area contributed by atoms with Gasteiger partial charge in [-0.3, -0.25) is 0 Å². The Balaban J connectivity index is 2.42. The fourth-order valence-corrected chi connectivity index (χ4v) is 1.23. The van der Waals surface area contributed by atoms with Gasteiger partial charge in [0.05, 0.1) is 12.9 Å². The Bertz CT molecular complexity index is 183. The number of hydrogen-bond donors (Lipinski definition) is 1. The molecule has 0 fully saturated rings. The zero-order chi connectivity index (χ0) is 9.19. The van der Waals surface area contributed by atoms with Gasteiger partial charge in [-0.15, -0.1) is 0 Å². The summed E-state index contributed by atoms with van der Waals surface area (Å²) in [6.45, 7) is 4.27. The van der Waals surface area contributed by atoms with E-state index in [9.17, 15) is 4.39 Å². The quantitative estimate of drug-likeness (QED) is 0.705. The third-order valence-corrected chi connectivity index (χ3v) is 1.85. The van der Waals surface area contributed by atoms with Crippen molar-refractivity contribution in [1.82, 2.24) is 0 Å². The molecule has 12 heavy (non-hydrogen) atoms. The molecule has 0 bridgehead atoms. The van der Waals surface area contributed by atoms with Crippen LogP contribution >= 0.6 is 0 Å². The molecule has 1 unspecified atom stereocenters. The predicted molar refractivity (Wildman–Crippen MR) is 46.4 cm³/mol. The maximum absolute atomic E-state index is 13.4. The first-order chi connectivity index (χ1) is 5.49. The lowest BCUT2D eigenvalue weighted by Crippen LogP contribution is -2.35. The molecule has 1 aliphatic rings. The van der Waals surface area contributed by atoms with Crippen molar-refractivity contribution in [3.8, 4) is 0 Å². The van der Waals surface area contributed by atoms with Crippen LogP contribution in [-0.4, -0.2) is 18.3 Å². The molecule has 0 amide bonds. The molecule has 1 rings (SSSR count). The summed E-state index contributed by atoms with van der Waals surface area (Å²) in [6.07, 6.45) is 1.66. The van der Waals surface area contributed by atoms with Crippen LogP contribution < -0.4 is 5.73 Å². The molecule has 0 spiro atoms. The second kappa shape index (κ2) is 3.44. The summed E-state index contributed by atoms with van der Waals surface area (Å²) in [5, 5.41) is 0. The van der Waals surface area contributed by atoms with Gasteiger partial charge in [-0.1, -0.05) is 0 Å². The van der Waals surface area contributed by atoms with Crippen molar-refractivity contribution in [3.05, 3.63) is 11.8 Å². The maximum Gasteiger partial charge on any atom is 0.126 e. The molecule has 0 saturated heterocycles. The molecule has 0 aliphatic carbocycles. The van der Waals surface area contributed by atoms with E-state index in [0.29, 0.717) is 19.4 Å². The number of nitrogens with two attached hydrogens (primary N) is 1. The molecular weight excluding hydrogens is 157 g/mol. The Morgan fingerprint density at radius 1 is 1.75 bits per heavy atom. The van der Waals surface area contributed by atoms with E-state index in [0.717, 1.165) is 5.57 Å². The van der Waals surface area contributed by atoms with Crippen molar-refractivity contribution in [2.75, 3.05) is 6.61 Å². The van der Waals surface area contributed by atoms with Gasteiger partial charge in [0, 0.05) is 24.0 Å². The van der Waals surface area contributed by atoms with Crippen LogP contribution in [0.1, 0.15) is 26.7 Å². The van der Waals surface area contributed by atoms with Gasteiger partial charge in [-0.2, -0.15) is 0 Å². The predicted octanol–water partition coefficient (Wildman–Crippen LogP) is 1.76. The highest BCUT2D eigenvalue weighted by atomic mass is 19.1. The van der Waals surface area contributed by atoms with E-state index in [1.54, 1.807) is 0 Å². The van der Waals surface area contributed by atoms with Crippen LogP contribution in [0.5, 0.6) is 0 Å². The maximum atomic E-state index is 13.4. The molecule has 1 atom stereocenters. The van der Waals surface area contributed by atoms with E-state index >= 15 is 0 Å². The van der Waals surface area contributed by atoms with E-state index in [1.807, 2.05) is 13.8 Å². The second-order valence-corrected chi connectivity index (χ2v) is 3.97. The van der Waals surface area contributed by atoms with Gasteiger partial charge in [-0.05, 0) is 13.8 Å². The summed E-state index contributed by atoms with van der Waals surface area (Å²) in [5.41, 5.74) is 6.00. The Labute approximate surface area is 72.6 Å². The molecule has 0 aromatic rings. The van der Waals surface area contributed by atoms with E-state index in [1.165, 1.54) is 6.26 Å². The summed E-state index contributed by atoms with van der Waals surface area (Å²) in [5.74, 6) is 0. The van der Waals surface area contributed by atoms with Crippen molar-refractivity contribution >= 4 is 0 Å². The molecule has 2 N–H and O–H groups in total. The number of halogens is 1. The van der Waals surface area contributed by atoms with E-state index in [2.05, 4.69) is 0 Å². The number of ether oxygens (including phenoxy) is 1. The van der Waals surface area contributed by atoms with E-state index in [4.69, 9.17) is 10.5 Å². The van der Waals surface area contributed by atoms with Crippen LogP contribution in [0.3, 0.4) is 0 Å². The van der Waals surface area contributed by atoms with E-state index < -0.39 is 11.7 Å². The number of rotatable bonds is 3. The Morgan fingerprint density at radius 2 is 2.42 bits per heavy atom. The monoisotopic (exact) mass is 173 g/mol. The van der Waals surface area contributed by atoms with Crippen LogP contribution in [0, 0.1) is 0 Å². The van der Waals surface area contributed by atoms with Gasteiger partial charge in [0.25, 0.3) is 0 Å². The Morgan fingerprint density at radius 3 is 2.83 bits per heavy atom. The normalized spacial score (nSPS) is 20.2. The lowest BCUT2D eigenvalue weighted by atomic mass is 9.95. The van der Waals surface area contributed by atoms with Gasteiger partial charge in [0.2, 0.25) is 0 Å². The summed E-state index contributed by atoms with van der Waals surface area (Å²) in [7, 11) is 0. The van der Waals surface area contributed by atoms with Gasteiger partial charge >= 0.3 is 0 Å². The minimum Gasteiger partial charge on any atom is -0.501 e. The van der Waals surface area contributed by atoms with E-state index in [-0.39, 0.29) is 0 Å².